The molecule has 2 saturated carbocycles. The molecular weight excluding hydrogens is 1010 g/mol. The first-order valence-corrected chi connectivity index (χ1v) is 24.3. The lowest BCUT2D eigenvalue weighted by atomic mass is 9.97. The largest absolute Gasteiger partial charge is 0.331 e. The molecule has 5 aromatic heterocycles. The third-order valence-corrected chi connectivity index (χ3v) is 13.5. The Bertz CT molecular complexity index is 2080. The van der Waals surface area contributed by atoms with Gasteiger partial charge in [-0.05, 0) is 169 Å². The van der Waals surface area contributed by atoms with Crippen LogP contribution in [-0.4, -0.2) is 77.8 Å². The van der Waals surface area contributed by atoms with Crippen LogP contribution in [0.15, 0.2) is 89.6 Å². The van der Waals surface area contributed by atoms with Crippen molar-refractivity contribution >= 4 is 86.3 Å². The van der Waals surface area contributed by atoms with Crippen LogP contribution in [0.25, 0.3) is 0 Å². The number of imide groups is 1. The van der Waals surface area contributed by atoms with E-state index in [9.17, 15) is 14.0 Å². The topological polar surface area (TPSA) is 131 Å². The Labute approximate surface area is 381 Å². The fourth-order valence-corrected chi connectivity index (χ4v) is 8.97. The number of nitrogens with zero attached hydrogens (tertiary/aromatic N) is 9. The van der Waals surface area contributed by atoms with Gasteiger partial charge in [-0.15, -0.1) is 23.5 Å². The van der Waals surface area contributed by atoms with Crippen molar-refractivity contribution in [3.05, 3.63) is 116 Å². The van der Waals surface area contributed by atoms with Gasteiger partial charge in [-0.1, -0.05) is 0 Å². The number of hydrogen-bond acceptors (Lipinski definition) is 11. The molecule has 11 nitrogen and oxygen atoms in total. The zero-order valence-electron chi connectivity index (χ0n) is 33.4. The molecule has 310 valence electrons. The zero-order valence-corrected chi connectivity index (χ0v) is 39.3. The van der Waals surface area contributed by atoms with E-state index in [1.807, 2.05) is 49.4 Å². The fraction of sp³-hybridized carbons (Fsp3) is 0.419. The predicted molar refractivity (Wildman–Crippen MR) is 248 cm³/mol. The predicted octanol–water partition coefficient (Wildman–Crippen LogP) is 9.42. The van der Waals surface area contributed by atoms with Crippen molar-refractivity contribution in [2.24, 2.45) is 23.7 Å². The molecule has 1 aliphatic heterocycles. The maximum absolute atomic E-state index is 12.1. The van der Waals surface area contributed by atoms with E-state index in [0.717, 1.165) is 73.1 Å². The van der Waals surface area contributed by atoms with Crippen LogP contribution in [0.1, 0.15) is 61.6 Å². The molecule has 0 aromatic carbocycles. The molecule has 3 fully saturated rings. The van der Waals surface area contributed by atoms with E-state index in [1.165, 1.54) is 72.0 Å². The summed E-state index contributed by atoms with van der Waals surface area (Å²) in [5.41, 5.74) is 2.93. The smallest absolute Gasteiger partial charge is 0.283 e. The summed E-state index contributed by atoms with van der Waals surface area (Å²) in [7, 11) is 1.51. The van der Waals surface area contributed by atoms with Gasteiger partial charge in [0, 0.05) is 85.4 Å². The summed E-state index contributed by atoms with van der Waals surface area (Å²) in [5, 5.41) is 0. The quantitative estimate of drug-likeness (QED) is 0.0543. The van der Waals surface area contributed by atoms with E-state index < -0.39 is 5.95 Å². The van der Waals surface area contributed by atoms with Crippen LogP contribution in [0.2, 0.25) is 0 Å². The summed E-state index contributed by atoms with van der Waals surface area (Å²) in [6.07, 6.45) is 28.4. The number of halogens is 3. The third-order valence-electron chi connectivity index (χ3n) is 10.9. The number of carbonyl (C=O) groups excluding carboxylic acids is 2. The summed E-state index contributed by atoms with van der Waals surface area (Å²) in [5.74, 6) is 4.06. The average molecular weight is 1060 g/mol. The second kappa shape index (κ2) is 22.5. The van der Waals surface area contributed by atoms with Gasteiger partial charge in [0.05, 0.1) is 11.9 Å². The summed E-state index contributed by atoms with van der Waals surface area (Å²) in [4.78, 5) is 59.1. The van der Waals surface area contributed by atoms with Crippen molar-refractivity contribution in [3.63, 3.8) is 0 Å². The summed E-state index contributed by atoms with van der Waals surface area (Å²) in [6.45, 7) is 0.0840. The van der Waals surface area contributed by atoms with Crippen LogP contribution >= 0.6 is 68.7 Å². The molecule has 3 aliphatic rings. The van der Waals surface area contributed by atoms with Gasteiger partial charge in [-0.3, -0.25) is 24.6 Å². The number of likely N-dealkylation sites (N-methyl/N-ethyl adjacent to an activating group) is 1. The Kier molecular flexibility index (Phi) is 17.2. The first kappa shape index (κ1) is 45.2. The van der Waals surface area contributed by atoms with Crippen molar-refractivity contribution in [3.8, 4) is 0 Å². The molecule has 5 aromatic rings. The van der Waals surface area contributed by atoms with Gasteiger partial charge < -0.3 is 0 Å². The molecular formula is C43H48FI2N9O2S2. The Hall–Kier alpha value is -3.36. The minimum absolute atomic E-state index is 0.0840. The van der Waals surface area contributed by atoms with Crippen LogP contribution in [0.5, 0.6) is 0 Å². The number of anilines is 1. The number of hydrogen-bond donors (Lipinski definition) is 0. The van der Waals surface area contributed by atoms with Gasteiger partial charge >= 0.3 is 6.03 Å². The van der Waals surface area contributed by atoms with E-state index in [0.29, 0.717) is 17.5 Å². The van der Waals surface area contributed by atoms with Gasteiger partial charge in [0.1, 0.15) is 18.2 Å². The third kappa shape index (κ3) is 13.8. The highest BCUT2D eigenvalue weighted by Gasteiger charge is 2.34. The van der Waals surface area contributed by atoms with Crippen molar-refractivity contribution in [2.75, 3.05) is 31.0 Å². The molecule has 6 heterocycles. The molecule has 2 aliphatic carbocycles. The van der Waals surface area contributed by atoms with Gasteiger partial charge in [0.25, 0.3) is 0 Å². The normalized spacial score (nSPS) is 20.0. The molecule has 0 bridgehead atoms. The summed E-state index contributed by atoms with van der Waals surface area (Å²) < 4.78 is 14.1. The number of thioether (sulfide) groups is 2. The van der Waals surface area contributed by atoms with E-state index in [2.05, 4.69) is 98.5 Å². The van der Waals surface area contributed by atoms with E-state index >= 15 is 0 Å². The maximum atomic E-state index is 12.1. The first-order chi connectivity index (χ1) is 28.5. The standard InChI is InChI=1S/C21H25N5O2S.C17H20IN3S.C5H3FIN/c1-25-20(27)13-26(21(25)28)17-6-5-16(22-10-17)8-14-3-4-15(7-14)9-19-23-11-18(29-2)12-24-19;1-22-16-10-20-17(21-11-16)8-13-3-2-12(6-13)7-15-5-4-14(18)9-19-15;6-5-2-1-4(7)3-8-5/h5-6,10-12,14-15H,3-4,7-9,13H2,1-2H3;4-5,9-13H,2-3,6-8H2,1H3;1-3H/t14-,15-;12-,13-;/m00./s1. The lowest BCUT2D eigenvalue weighted by Crippen LogP contribution is -2.29. The van der Waals surface area contributed by atoms with Gasteiger partial charge in [0.2, 0.25) is 11.9 Å². The van der Waals surface area contributed by atoms with Crippen LogP contribution in [-0.2, 0) is 30.5 Å². The van der Waals surface area contributed by atoms with Crippen LogP contribution in [0, 0.1) is 36.8 Å². The highest BCUT2D eigenvalue weighted by Crippen LogP contribution is 2.36. The Morgan fingerprint density at radius 2 is 1.07 bits per heavy atom. The van der Waals surface area contributed by atoms with Crippen molar-refractivity contribution in [2.45, 2.75) is 74.0 Å². The Morgan fingerprint density at radius 3 is 1.44 bits per heavy atom. The molecule has 0 radical (unpaired) electrons. The Balaban J connectivity index is 0.000000171. The van der Waals surface area contributed by atoms with E-state index in [4.69, 9.17) is 0 Å². The van der Waals surface area contributed by atoms with Gasteiger partial charge in [-0.2, -0.15) is 4.39 Å². The molecule has 59 heavy (non-hydrogen) atoms. The number of rotatable bonds is 11. The first-order valence-electron chi connectivity index (χ1n) is 19.6. The van der Waals surface area contributed by atoms with Crippen molar-refractivity contribution in [1.29, 1.82) is 0 Å². The van der Waals surface area contributed by atoms with Crippen molar-refractivity contribution < 1.29 is 14.0 Å². The minimum Gasteiger partial charge on any atom is -0.283 e. The Morgan fingerprint density at radius 1 is 0.610 bits per heavy atom. The number of urea groups is 1. The van der Waals surface area contributed by atoms with Gasteiger partial charge in [0.15, 0.2) is 0 Å². The van der Waals surface area contributed by atoms with Crippen LogP contribution in [0.3, 0.4) is 0 Å². The van der Waals surface area contributed by atoms with E-state index in [1.54, 1.807) is 35.8 Å². The number of aromatic nitrogens is 7. The van der Waals surface area contributed by atoms with E-state index in [-0.39, 0.29) is 18.5 Å². The lowest BCUT2D eigenvalue weighted by Gasteiger charge is -2.15. The lowest BCUT2D eigenvalue weighted by molar-refractivity contribution is -0.123. The van der Waals surface area contributed by atoms with Crippen LogP contribution < -0.4 is 4.90 Å². The molecule has 16 heteroatoms. The molecule has 8 rings (SSSR count). The second-order valence-corrected chi connectivity index (χ2v) is 19.3. The van der Waals surface area contributed by atoms with Gasteiger partial charge in [-0.25, -0.2) is 29.7 Å². The number of carbonyl (C=O) groups is 2. The molecule has 0 spiro atoms. The molecule has 4 atom stereocenters. The minimum atomic E-state index is -0.426. The summed E-state index contributed by atoms with van der Waals surface area (Å²) >= 11 is 7.72. The molecule has 1 saturated heterocycles. The maximum Gasteiger partial charge on any atom is 0.331 e. The highest BCUT2D eigenvalue weighted by molar-refractivity contribution is 14.1. The fourth-order valence-electron chi connectivity index (χ4n) is 7.69. The number of amides is 3. The highest BCUT2D eigenvalue weighted by atomic mass is 127. The second-order valence-electron chi connectivity index (χ2n) is 15.1. The SMILES string of the molecule is CSc1cnc(C[C@H]2CC[C@H](Cc3ccc(I)cn3)C2)nc1.CSc1cnc(C[C@H]2CC[C@H](Cc3ccc(N4CC(=O)N(C)C4=O)cn3)C2)nc1.Fc1ccc(I)cn1. The molecule has 3 amide bonds. The molecule has 0 unspecified atom stereocenters. The zero-order chi connectivity index (χ0) is 41.7. The van der Waals surface area contributed by atoms with Crippen LogP contribution in [0.4, 0.5) is 14.9 Å². The monoisotopic (exact) mass is 1060 g/mol. The molecule has 0 N–H and O–H groups in total. The average Bonchev–Trinajstić information content (AvgIpc) is 3.97. The number of pyridine rings is 3. The van der Waals surface area contributed by atoms with Crippen molar-refractivity contribution in [1.82, 2.24) is 39.8 Å². The summed E-state index contributed by atoms with van der Waals surface area (Å²) in [6, 6.07) is 10.9.